The lowest BCUT2D eigenvalue weighted by molar-refractivity contribution is -0.121. The van der Waals surface area contributed by atoms with Crippen molar-refractivity contribution in [3.63, 3.8) is 0 Å². The first-order valence-corrected chi connectivity index (χ1v) is 7.99. The van der Waals surface area contributed by atoms with Crippen LogP contribution in [0.1, 0.15) is 29.2 Å². The number of nitrogens with one attached hydrogen (secondary N) is 1. The maximum atomic E-state index is 12.1. The molecule has 23 heavy (non-hydrogen) atoms. The molecule has 3 heteroatoms. The van der Waals surface area contributed by atoms with Crippen molar-refractivity contribution in [1.82, 2.24) is 5.32 Å². The smallest absolute Gasteiger partial charge is 0.224 e. The molecule has 2 rings (SSSR count). The first-order chi connectivity index (χ1) is 10.9. The van der Waals surface area contributed by atoms with Gasteiger partial charge in [-0.05, 0) is 51.0 Å². The zero-order chi connectivity index (χ0) is 16.8. The molecule has 0 radical (unpaired) electrons. The Labute approximate surface area is 138 Å². The van der Waals surface area contributed by atoms with Crippen LogP contribution in [-0.4, -0.2) is 18.6 Å². The van der Waals surface area contributed by atoms with Gasteiger partial charge in [-0.15, -0.1) is 0 Å². The molecule has 0 saturated carbocycles. The van der Waals surface area contributed by atoms with E-state index in [1.165, 1.54) is 11.1 Å². The van der Waals surface area contributed by atoms with Gasteiger partial charge < -0.3 is 10.1 Å². The van der Waals surface area contributed by atoms with Gasteiger partial charge in [0.25, 0.3) is 0 Å². The van der Waals surface area contributed by atoms with Gasteiger partial charge in [0.2, 0.25) is 5.91 Å². The molecule has 0 aromatic heterocycles. The van der Waals surface area contributed by atoms with Crippen molar-refractivity contribution in [2.24, 2.45) is 0 Å². The lowest BCUT2D eigenvalue weighted by atomic mass is 10.0. The minimum atomic E-state index is -0.0328. The molecule has 0 bridgehead atoms. The number of amides is 1. The van der Waals surface area contributed by atoms with Crippen molar-refractivity contribution < 1.29 is 9.53 Å². The molecule has 3 nitrogen and oxygen atoms in total. The van der Waals surface area contributed by atoms with Gasteiger partial charge in [0.15, 0.2) is 0 Å². The van der Waals surface area contributed by atoms with Crippen molar-refractivity contribution in [2.75, 3.05) is 6.61 Å². The molecule has 1 N–H and O–H groups in total. The Kier molecular flexibility index (Phi) is 5.80. The summed E-state index contributed by atoms with van der Waals surface area (Å²) in [5, 5.41) is 2.99. The largest absolute Gasteiger partial charge is 0.491 e. The van der Waals surface area contributed by atoms with Crippen molar-refractivity contribution in [1.29, 1.82) is 0 Å². The van der Waals surface area contributed by atoms with Gasteiger partial charge in [0, 0.05) is 0 Å². The third-order valence-electron chi connectivity index (χ3n) is 3.78. The predicted octanol–water partition coefficient (Wildman–Crippen LogP) is 3.74. The number of carbonyl (C=O) groups excluding carboxylic acids is 1. The van der Waals surface area contributed by atoms with E-state index < -0.39 is 0 Å². The number of ether oxygens (including phenoxy) is 1. The Hall–Kier alpha value is -2.29. The summed E-state index contributed by atoms with van der Waals surface area (Å²) in [6.07, 6.45) is 0.404. The number of aryl methyl sites for hydroxylation is 3. The van der Waals surface area contributed by atoms with Crippen LogP contribution in [0.25, 0.3) is 0 Å². The first-order valence-electron chi connectivity index (χ1n) is 7.99. The zero-order valence-corrected chi connectivity index (χ0v) is 14.3. The van der Waals surface area contributed by atoms with E-state index in [2.05, 4.69) is 18.3 Å². The molecule has 0 heterocycles. The van der Waals surface area contributed by atoms with Crippen LogP contribution >= 0.6 is 0 Å². The van der Waals surface area contributed by atoms with Crippen molar-refractivity contribution in [3.8, 4) is 5.75 Å². The highest BCUT2D eigenvalue weighted by Crippen LogP contribution is 2.12. The van der Waals surface area contributed by atoms with Crippen LogP contribution in [0.5, 0.6) is 5.75 Å². The summed E-state index contributed by atoms with van der Waals surface area (Å²) in [6, 6.07) is 14.1. The fraction of sp³-hybridized carbons (Fsp3) is 0.350. The quantitative estimate of drug-likeness (QED) is 0.882. The van der Waals surface area contributed by atoms with E-state index >= 15 is 0 Å². The van der Waals surface area contributed by atoms with Crippen molar-refractivity contribution in [3.05, 3.63) is 64.7 Å². The molecular weight excluding hydrogens is 286 g/mol. The summed E-state index contributed by atoms with van der Waals surface area (Å²) in [5.41, 5.74) is 4.64. The monoisotopic (exact) mass is 311 g/mol. The average molecular weight is 311 g/mol. The zero-order valence-electron chi connectivity index (χ0n) is 14.3. The lowest BCUT2D eigenvalue weighted by Gasteiger charge is -2.16. The molecule has 122 valence electrons. The average Bonchev–Trinajstić information content (AvgIpc) is 2.49. The van der Waals surface area contributed by atoms with Gasteiger partial charge in [-0.25, -0.2) is 0 Å². The second kappa shape index (κ2) is 7.82. The third-order valence-corrected chi connectivity index (χ3v) is 3.78. The molecule has 2 aromatic rings. The van der Waals surface area contributed by atoms with Crippen LogP contribution in [0.4, 0.5) is 0 Å². The van der Waals surface area contributed by atoms with E-state index in [1.807, 2.05) is 57.2 Å². The molecular formula is C20H25NO2. The fourth-order valence-electron chi connectivity index (χ4n) is 2.44. The van der Waals surface area contributed by atoms with Gasteiger partial charge >= 0.3 is 0 Å². The van der Waals surface area contributed by atoms with Crippen LogP contribution in [0.15, 0.2) is 42.5 Å². The SMILES string of the molecule is Cc1ccc(OC[C@@H](C)NC(=O)Cc2ccc(C)cc2C)cc1. The molecule has 0 aliphatic heterocycles. The van der Waals surface area contributed by atoms with Gasteiger partial charge in [-0.2, -0.15) is 0 Å². The fourth-order valence-corrected chi connectivity index (χ4v) is 2.44. The molecule has 0 fully saturated rings. The Bertz CT molecular complexity index is 662. The summed E-state index contributed by atoms with van der Waals surface area (Å²) in [6.45, 7) is 8.55. The van der Waals surface area contributed by atoms with E-state index in [9.17, 15) is 4.79 Å². The first kappa shape index (κ1) is 17.1. The normalized spacial score (nSPS) is 11.8. The summed E-state index contributed by atoms with van der Waals surface area (Å²) in [4.78, 5) is 12.1. The summed E-state index contributed by atoms with van der Waals surface area (Å²) in [5.74, 6) is 0.850. The van der Waals surface area contributed by atoms with Crippen molar-refractivity contribution in [2.45, 2.75) is 40.2 Å². The minimum Gasteiger partial charge on any atom is -0.491 e. The standard InChI is InChI=1S/C20H25NO2/c1-14-6-9-19(10-7-14)23-13-17(4)21-20(22)12-18-8-5-15(2)11-16(18)3/h5-11,17H,12-13H2,1-4H3,(H,21,22)/t17-/m1/s1. The van der Waals surface area contributed by atoms with E-state index in [0.717, 1.165) is 16.9 Å². The summed E-state index contributed by atoms with van der Waals surface area (Å²) >= 11 is 0. The van der Waals surface area contributed by atoms with Gasteiger partial charge in [0.05, 0.1) is 12.5 Å². The Morgan fingerprint density at radius 2 is 1.70 bits per heavy atom. The van der Waals surface area contributed by atoms with Crippen LogP contribution in [-0.2, 0) is 11.2 Å². The number of benzene rings is 2. The Balaban J connectivity index is 1.81. The van der Waals surface area contributed by atoms with Gasteiger partial charge in [-0.3, -0.25) is 4.79 Å². The molecule has 2 aromatic carbocycles. The molecule has 0 aliphatic carbocycles. The van der Waals surface area contributed by atoms with E-state index in [1.54, 1.807) is 0 Å². The van der Waals surface area contributed by atoms with E-state index in [4.69, 9.17) is 4.74 Å². The highest BCUT2D eigenvalue weighted by Gasteiger charge is 2.10. The Morgan fingerprint density at radius 3 is 2.35 bits per heavy atom. The number of hydrogen-bond acceptors (Lipinski definition) is 2. The second-order valence-corrected chi connectivity index (χ2v) is 6.20. The van der Waals surface area contributed by atoms with E-state index in [0.29, 0.717) is 13.0 Å². The highest BCUT2D eigenvalue weighted by molar-refractivity contribution is 5.79. The predicted molar refractivity (Wildman–Crippen MR) is 93.9 cm³/mol. The molecule has 0 spiro atoms. The van der Waals surface area contributed by atoms with E-state index in [-0.39, 0.29) is 11.9 Å². The maximum absolute atomic E-state index is 12.1. The van der Waals surface area contributed by atoms with Crippen LogP contribution in [0, 0.1) is 20.8 Å². The molecule has 0 saturated heterocycles. The van der Waals surface area contributed by atoms with Crippen LogP contribution in [0.3, 0.4) is 0 Å². The summed E-state index contributed by atoms with van der Waals surface area (Å²) in [7, 11) is 0. The summed E-state index contributed by atoms with van der Waals surface area (Å²) < 4.78 is 5.70. The third kappa shape index (κ3) is 5.44. The molecule has 1 amide bonds. The van der Waals surface area contributed by atoms with Crippen LogP contribution in [0.2, 0.25) is 0 Å². The van der Waals surface area contributed by atoms with Crippen molar-refractivity contribution >= 4 is 5.91 Å². The van der Waals surface area contributed by atoms with Crippen LogP contribution < -0.4 is 10.1 Å². The number of hydrogen-bond donors (Lipinski definition) is 1. The molecule has 0 unspecified atom stereocenters. The highest BCUT2D eigenvalue weighted by atomic mass is 16.5. The second-order valence-electron chi connectivity index (χ2n) is 6.20. The van der Waals surface area contributed by atoms with Gasteiger partial charge in [-0.1, -0.05) is 41.5 Å². The minimum absolute atomic E-state index is 0.0250. The molecule has 0 aliphatic rings. The topological polar surface area (TPSA) is 38.3 Å². The van der Waals surface area contributed by atoms with Gasteiger partial charge in [0.1, 0.15) is 12.4 Å². The molecule has 1 atom stereocenters. The maximum Gasteiger partial charge on any atom is 0.224 e. The lowest BCUT2D eigenvalue weighted by Crippen LogP contribution is -2.37. The number of carbonyl (C=O) groups is 1. The number of rotatable bonds is 6. The Morgan fingerprint density at radius 1 is 1.04 bits per heavy atom.